The number of carbonyl (C=O) groups excluding carboxylic acids is 1. The quantitative estimate of drug-likeness (QED) is 0.625. The Hall–Kier alpha value is -1.30. The molecule has 0 heterocycles. The number of carbonyl (C=O) groups is 2. The van der Waals surface area contributed by atoms with Crippen molar-refractivity contribution in [3.8, 4) is 0 Å². The van der Waals surface area contributed by atoms with Crippen LogP contribution in [-0.4, -0.2) is 43.4 Å². The molecule has 6 nitrogen and oxygen atoms in total. The molecular formula is C13H26N2O4. The normalized spacial score (nSPS) is 13.2. The summed E-state index contributed by atoms with van der Waals surface area (Å²) in [6.45, 7) is 9.12. The Balaban J connectivity index is 4.02. The van der Waals surface area contributed by atoms with E-state index in [-0.39, 0.29) is 24.4 Å². The van der Waals surface area contributed by atoms with Crippen LogP contribution >= 0.6 is 0 Å². The highest BCUT2D eigenvalue weighted by Crippen LogP contribution is 2.24. The minimum Gasteiger partial charge on any atom is -0.481 e. The van der Waals surface area contributed by atoms with Crippen molar-refractivity contribution >= 4 is 12.0 Å². The van der Waals surface area contributed by atoms with Crippen molar-refractivity contribution in [2.45, 2.75) is 40.2 Å². The first-order valence-corrected chi connectivity index (χ1v) is 6.45. The molecule has 0 aliphatic rings. The minimum atomic E-state index is -0.949. The lowest BCUT2D eigenvalue weighted by atomic mass is 9.81. The predicted molar refractivity (Wildman–Crippen MR) is 73.1 cm³/mol. The van der Waals surface area contributed by atoms with Gasteiger partial charge in [0, 0.05) is 20.2 Å². The number of ether oxygens (including phenoxy) is 1. The van der Waals surface area contributed by atoms with Crippen molar-refractivity contribution in [1.29, 1.82) is 0 Å². The minimum absolute atomic E-state index is 0.0130. The number of hydrogen-bond acceptors (Lipinski definition) is 3. The lowest BCUT2D eigenvalue weighted by Gasteiger charge is -2.29. The third-order valence-corrected chi connectivity index (χ3v) is 3.49. The first kappa shape index (κ1) is 17.7. The molecular weight excluding hydrogens is 248 g/mol. The van der Waals surface area contributed by atoms with Crippen LogP contribution in [0.1, 0.15) is 34.1 Å². The fourth-order valence-corrected chi connectivity index (χ4v) is 1.21. The van der Waals surface area contributed by atoms with Gasteiger partial charge in [0.25, 0.3) is 0 Å². The summed E-state index contributed by atoms with van der Waals surface area (Å²) >= 11 is 0. The molecule has 0 radical (unpaired) electrons. The molecule has 0 saturated carbocycles. The van der Waals surface area contributed by atoms with E-state index < -0.39 is 12.1 Å². The molecule has 112 valence electrons. The average Bonchev–Trinajstić information content (AvgIpc) is 2.31. The number of aliphatic carboxylic acids is 1. The molecule has 0 aliphatic heterocycles. The van der Waals surface area contributed by atoms with Gasteiger partial charge in [-0.05, 0) is 11.3 Å². The van der Waals surface area contributed by atoms with E-state index in [4.69, 9.17) is 9.84 Å². The van der Waals surface area contributed by atoms with Gasteiger partial charge in [-0.15, -0.1) is 0 Å². The van der Waals surface area contributed by atoms with E-state index in [9.17, 15) is 9.59 Å². The molecule has 0 aromatic carbocycles. The monoisotopic (exact) mass is 274 g/mol. The molecule has 1 unspecified atom stereocenters. The predicted octanol–water partition coefficient (Wildman–Crippen LogP) is 1.46. The zero-order valence-electron chi connectivity index (χ0n) is 12.4. The van der Waals surface area contributed by atoms with Gasteiger partial charge in [-0.1, -0.05) is 27.7 Å². The lowest BCUT2D eigenvalue weighted by Crippen LogP contribution is -2.45. The highest BCUT2D eigenvalue weighted by molar-refractivity contribution is 5.74. The van der Waals surface area contributed by atoms with Crippen LogP contribution in [-0.2, 0) is 9.53 Å². The van der Waals surface area contributed by atoms with Crippen LogP contribution in [0.15, 0.2) is 0 Å². The molecule has 0 aromatic heterocycles. The Bertz CT molecular complexity index is 303. The maximum absolute atomic E-state index is 11.6. The van der Waals surface area contributed by atoms with Crippen molar-refractivity contribution in [2.24, 2.45) is 11.3 Å². The van der Waals surface area contributed by atoms with Crippen LogP contribution in [0.5, 0.6) is 0 Å². The Morgan fingerprint density at radius 3 is 2.26 bits per heavy atom. The van der Waals surface area contributed by atoms with E-state index in [1.807, 2.05) is 0 Å². The zero-order chi connectivity index (χ0) is 15.1. The molecule has 0 saturated heterocycles. The second-order valence-electron chi connectivity index (χ2n) is 5.66. The molecule has 1 atom stereocenters. The number of carboxylic acids is 1. The Kier molecular flexibility index (Phi) is 7.44. The topological polar surface area (TPSA) is 87.7 Å². The first-order chi connectivity index (χ1) is 8.69. The zero-order valence-corrected chi connectivity index (χ0v) is 12.4. The van der Waals surface area contributed by atoms with Gasteiger partial charge in [0.05, 0.1) is 12.5 Å². The van der Waals surface area contributed by atoms with Gasteiger partial charge in [-0.25, -0.2) is 4.79 Å². The molecule has 0 fully saturated rings. The van der Waals surface area contributed by atoms with Gasteiger partial charge in [-0.3, -0.25) is 4.79 Å². The van der Waals surface area contributed by atoms with Gasteiger partial charge < -0.3 is 20.5 Å². The van der Waals surface area contributed by atoms with Gasteiger partial charge in [0.15, 0.2) is 0 Å². The Morgan fingerprint density at radius 1 is 1.26 bits per heavy atom. The molecule has 0 rings (SSSR count). The average molecular weight is 274 g/mol. The van der Waals surface area contributed by atoms with E-state index in [0.717, 1.165) is 0 Å². The number of hydrogen-bond donors (Lipinski definition) is 3. The first-order valence-electron chi connectivity index (χ1n) is 6.45. The molecule has 3 N–H and O–H groups in total. The smallest absolute Gasteiger partial charge is 0.314 e. The van der Waals surface area contributed by atoms with E-state index in [2.05, 4.69) is 38.3 Å². The van der Waals surface area contributed by atoms with Gasteiger partial charge >= 0.3 is 12.0 Å². The summed E-state index contributed by atoms with van der Waals surface area (Å²) < 4.78 is 4.97. The van der Waals surface area contributed by atoms with Crippen molar-refractivity contribution < 1.29 is 19.4 Å². The molecule has 6 heteroatoms. The summed E-state index contributed by atoms with van der Waals surface area (Å²) in [6.07, 6.45) is -0.643. The molecule has 0 aliphatic carbocycles. The van der Waals surface area contributed by atoms with Crippen LogP contribution in [0.2, 0.25) is 0 Å². The molecule has 0 aromatic rings. The standard InChI is InChI=1S/C13H26N2O4/c1-9(2)13(3,4)8-15-12(18)14-7-10(19-5)6-11(16)17/h9-10H,6-8H2,1-5H3,(H,16,17)(H2,14,15,18). The van der Waals surface area contributed by atoms with Crippen LogP contribution in [0.4, 0.5) is 4.79 Å². The van der Waals surface area contributed by atoms with Crippen molar-refractivity contribution in [3.63, 3.8) is 0 Å². The molecule has 2 amide bonds. The van der Waals surface area contributed by atoms with E-state index in [1.54, 1.807) is 0 Å². The number of methoxy groups -OCH3 is 1. The fraction of sp³-hybridized carbons (Fsp3) is 0.846. The number of rotatable bonds is 8. The number of carboxylic acid groups (broad SMARTS) is 1. The van der Waals surface area contributed by atoms with E-state index in [1.165, 1.54) is 7.11 Å². The third-order valence-electron chi connectivity index (χ3n) is 3.49. The molecule has 0 bridgehead atoms. The van der Waals surface area contributed by atoms with E-state index >= 15 is 0 Å². The van der Waals surface area contributed by atoms with Crippen LogP contribution in [0.25, 0.3) is 0 Å². The maximum Gasteiger partial charge on any atom is 0.314 e. The Labute approximate surface area is 114 Å². The largest absolute Gasteiger partial charge is 0.481 e. The van der Waals surface area contributed by atoms with Crippen LogP contribution < -0.4 is 10.6 Å². The third kappa shape index (κ3) is 7.66. The summed E-state index contributed by atoms with van der Waals surface area (Å²) in [6, 6.07) is -0.304. The second-order valence-corrected chi connectivity index (χ2v) is 5.66. The number of urea groups is 1. The molecule has 0 spiro atoms. The number of nitrogens with one attached hydrogen (secondary N) is 2. The van der Waals surface area contributed by atoms with Crippen LogP contribution in [0, 0.1) is 11.3 Å². The summed E-state index contributed by atoms with van der Waals surface area (Å²) in [5, 5.41) is 14.0. The summed E-state index contributed by atoms with van der Waals surface area (Å²) in [5.74, 6) is -0.499. The van der Waals surface area contributed by atoms with E-state index in [0.29, 0.717) is 12.5 Å². The SMILES string of the molecule is COC(CNC(=O)NCC(C)(C)C(C)C)CC(=O)O. The van der Waals surface area contributed by atoms with Crippen molar-refractivity contribution in [3.05, 3.63) is 0 Å². The van der Waals surface area contributed by atoms with Gasteiger partial charge in [0.2, 0.25) is 0 Å². The van der Waals surface area contributed by atoms with Gasteiger partial charge in [0.1, 0.15) is 0 Å². The summed E-state index contributed by atoms with van der Waals surface area (Å²) in [5.41, 5.74) is 0.0130. The highest BCUT2D eigenvalue weighted by Gasteiger charge is 2.23. The maximum atomic E-state index is 11.6. The summed E-state index contributed by atoms with van der Waals surface area (Å²) in [7, 11) is 1.43. The molecule has 19 heavy (non-hydrogen) atoms. The van der Waals surface area contributed by atoms with Crippen LogP contribution in [0.3, 0.4) is 0 Å². The van der Waals surface area contributed by atoms with Crippen molar-refractivity contribution in [2.75, 3.05) is 20.2 Å². The highest BCUT2D eigenvalue weighted by atomic mass is 16.5. The Morgan fingerprint density at radius 2 is 1.84 bits per heavy atom. The lowest BCUT2D eigenvalue weighted by molar-refractivity contribution is -0.139. The number of amides is 2. The summed E-state index contributed by atoms with van der Waals surface area (Å²) in [4.78, 5) is 22.1. The van der Waals surface area contributed by atoms with Crippen molar-refractivity contribution in [1.82, 2.24) is 10.6 Å². The fourth-order valence-electron chi connectivity index (χ4n) is 1.21. The second kappa shape index (κ2) is 7.99. The van der Waals surface area contributed by atoms with Gasteiger partial charge in [-0.2, -0.15) is 0 Å².